The monoisotopic (exact) mass is 169 g/mol. The van der Waals surface area contributed by atoms with Crippen LogP contribution in [0, 0.1) is 5.82 Å². The Hall–Kier alpha value is -1.55. The Morgan fingerprint density at radius 2 is 2.25 bits per heavy atom. The van der Waals surface area contributed by atoms with Gasteiger partial charge in [-0.1, -0.05) is 6.58 Å². The molecule has 64 valence electrons. The van der Waals surface area contributed by atoms with E-state index in [1.807, 2.05) is 0 Å². The molecule has 0 amide bonds. The normalized spacial score (nSPS) is 9.50. The van der Waals surface area contributed by atoms with E-state index in [2.05, 4.69) is 11.5 Å². The summed E-state index contributed by atoms with van der Waals surface area (Å²) in [6.07, 6.45) is 0. The summed E-state index contributed by atoms with van der Waals surface area (Å²) in [5.74, 6) is -0.584. The molecule has 3 N–H and O–H groups in total. The molecule has 0 aliphatic heterocycles. The van der Waals surface area contributed by atoms with E-state index >= 15 is 0 Å². The quantitative estimate of drug-likeness (QED) is 0.307. The van der Waals surface area contributed by atoms with Crippen LogP contribution in [0.25, 0.3) is 5.76 Å². The highest BCUT2D eigenvalue weighted by Crippen LogP contribution is 2.17. The lowest BCUT2D eigenvalue weighted by Crippen LogP contribution is -1.93. The first kappa shape index (κ1) is 8.55. The second kappa shape index (κ2) is 3.23. The predicted octanol–water partition coefficient (Wildman–Crippen LogP) is 1.87. The van der Waals surface area contributed by atoms with Gasteiger partial charge in [0.25, 0.3) is 0 Å². The standard InChI is InChI=1S/C8H8FNO2/c1-5(12-11)6-2-3-8(10)7(9)4-6/h2-4,11H,1,10H2. The average molecular weight is 169 g/mol. The van der Waals surface area contributed by atoms with Crippen LogP contribution < -0.4 is 5.73 Å². The summed E-state index contributed by atoms with van der Waals surface area (Å²) in [6, 6.07) is 4.00. The number of hydrogen-bond donors (Lipinski definition) is 2. The Bertz CT molecular complexity index is 312. The van der Waals surface area contributed by atoms with Gasteiger partial charge in [0.2, 0.25) is 0 Å². The molecule has 0 spiro atoms. The molecule has 0 unspecified atom stereocenters. The lowest BCUT2D eigenvalue weighted by Gasteiger charge is -2.02. The largest absolute Gasteiger partial charge is 0.396 e. The van der Waals surface area contributed by atoms with Crippen molar-refractivity contribution >= 4 is 11.4 Å². The summed E-state index contributed by atoms with van der Waals surface area (Å²) in [5, 5.41) is 8.20. The molecule has 0 aromatic heterocycles. The summed E-state index contributed by atoms with van der Waals surface area (Å²) < 4.78 is 12.8. The minimum absolute atomic E-state index is 0.0195. The zero-order valence-electron chi connectivity index (χ0n) is 6.25. The Balaban J connectivity index is 3.05. The average Bonchev–Trinajstić information content (AvgIpc) is 2.08. The fourth-order valence-electron chi connectivity index (χ4n) is 0.753. The fourth-order valence-corrected chi connectivity index (χ4v) is 0.753. The molecule has 0 heterocycles. The number of benzene rings is 1. The van der Waals surface area contributed by atoms with E-state index in [0.717, 1.165) is 6.07 Å². The summed E-state index contributed by atoms with van der Waals surface area (Å²) in [6.45, 7) is 3.33. The van der Waals surface area contributed by atoms with E-state index in [-0.39, 0.29) is 11.4 Å². The van der Waals surface area contributed by atoms with Gasteiger partial charge in [-0.3, -0.25) is 0 Å². The maximum Gasteiger partial charge on any atom is 0.165 e. The minimum Gasteiger partial charge on any atom is -0.396 e. The topological polar surface area (TPSA) is 55.5 Å². The Morgan fingerprint density at radius 1 is 1.58 bits per heavy atom. The zero-order valence-corrected chi connectivity index (χ0v) is 6.25. The molecule has 12 heavy (non-hydrogen) atoms. The van der Waals surface area contributed by atoms with E-state index in [9.17, 15) is 4.39 Å². The predicted molar refractivity (Wildman–Crippen MR) is 43.6 cm³/mol. The van der Waals surface area contributed by atoms with Crippen molar-refractivity contribution in [3.05, 3.63) is 36.2 Å². The third-order valence-corrected chi connectivity index (χ3v) is 1.43. The number of nitrogen functional groups attached to an aromatic ring is 1. The van der Waals surface area contributed by atoms with E-state index < -0.39 is 5.82 Å². The molecule has 1 rings (SSSR count). The molecular formula is C8H8FNO2. The van der Waals surface area contributed by atoms with Gasteiger partial charge in [-0.2, -0.15) is 0 Å². The van der Waals surface area contributed by atoms with Crippen molar-refractivity contribution in [2.24, 2.45) is 0 Å². The van der Waals surface area contributed by atoms with Crippen LogP contribution in [-0.2, 0) is 4.89 Å². The van der Waals surface area contributed by atoms with Crippen molar-refractivity contribution in [2.45, 2.75) is 0 Å². The van der Waals surface area contributed by atoms with Crippen LogP contribution in [0.3, 0.4) is 0 Å². The zero-order chi connectivity index (χ0) is 9.14. The second-order valence-corrected chi connectivity index (χ2v) is 2.25. The summed E-state index contributed by atoms with van der Waals surface area (Å²) in [4.78, 5) is 3.83. The van der Waals surface area contributed by atoms with Gasteiger partial charge < -0.3 is 10.6 Å². The smallest absolute Gasteiger partial charge is 0.165 e. The molecule has 0 atom stereocenters. The van der Waals surface area contributed by atoms with Crippen LogP contribution in [-0.4, -0.2) is 5.26 Å². The van der Waals surface area contributed by atoms with Crippen LogP contribution in [0.15, 0.2) is 24.8 Å². The van der Waals surface area contributed by atoms with Gasteiger partial charge in [0.05, 0.1) is 5.69 Å². The van der Waals surface area contributed by atoms with Crippen molar-refractivity contribution in [1.29, 1.82) is 0 Å². The number of nitrogens with two attached hydrogens (primary N) is 1. The Labute approximate surface area is 68.8 Å². The molecule has 4 heteroatoms. The first-order valence-corrected chi connectivity index (χ1v) is 3.21. The molecular weight excluding hydrogens is 161 g/mol. The van der Waals surface area contributed by atoms with E-state index in [0.29, 0.717) is 5.56 Å². The van der Waals surface area contributed by atoms with Gasteiger partial charge in [-0.15, -0.1) is 0 Å². The lowest BCUT2D eigenvalue weighted by molar-refractivity contribution is -0.169. The molecule has 3 nitrogen and oxygen atoms in total. The van der Waals surface area contributed by atoms with E-state index in [1.165, 1.54) is 12.1 Å². The molecule has 0 aliphatic carbocycles. The van der Waals surface area contributed by atoms with Gasteiger partial charge in [0, 0.05) is 5.56 Å². The van der Waals surface area contributed by atoms with Crippen LogP contribution >= 0.6 is 0 Å². The molecule has 0 radical (unpaired) electrons. The van der Waals surface area contributed by atoms with Crippen molar-refractivity contribution in [3.8, 4) is 0 Å². The second-order valence-electron chi connectivity index (χ2n) is 2.25. The third-order valence-electron chi connectivity index (χ3n) is 1.43. The molecule has 0 saturated heterocycles. The van der Waals surface area contributed by atoms with Crippen LogP contribution in [0.2, 0.25) is 0 Å². The van der Waals surface area contributed by atoms with E-state index in [4.69, 9.17) is 11.0 Å². The fraction of sp³-hybridized carbons (Fsp3) is 0. The molecule has 1 aromatic carbocycles. The van der Waals surface area contributed by atoms with Gasteiger partial charge in [-0.05, 0) is 18.2 Å². The highest BCUT2D eigenvalue weighted by atomic mass is 19.1. The maximum atomic E-state index is 12.8. The maximum absolute atomic E-state index is 12.8. The highest BCUT2D eigenvalue weighted by Gasteiger charge is 2.03. The molecule has 0 fully saturated rings. The van der Waals surface area contributed by atoms with E-state index in [1.54, 1.807) is 0 Å². The van der Waals surface area contributed by atoms with Crippen molar-refractivity contribution in [1.82, 2.24) is 0 Å². The number of rotatable bonds is 2. The summed E-state index contributed by atoms with van der Waals surface area (Å²) >= 11 is 0. The van der Waals surface area contributed by atoms with Gasteiger partial charge in [0.1, 0.15) is 5.82 Å². The highest BCUT2D eigenvalue weighted by molar-refractivity contribution is 5.59. The Kier molecular flexibility index (Phi) is 2.30. The first-order chi connectivity index (χ1) is 5.65. The molecule has 0 aliphatic rings. The number of halogens is 1. The van der Waals surface area contributed by atoms with Gasteiger partial charge >= 0.3 is 0 Å². The van der Waals surface area contributed by atoms with Gasteiger partial charge in [0.15, 0.2) is 5.76 Å². The number of hydrogen-bond acceptors (Lipinski definition) is 3. The third kappa shape index (κ3) is 1.54. The summed E-state index contributed by atoms with van der Waals surface area (Å²) in [5.41, 5.74) is 5.62. The molecule has 0 bridgehead atoms. The van der Waals surface area contributed by atoms with Crippen LogP contribution in [0.5, 0.6) is 0 Å². The van der Waals surface area contributed by atoms with Crippen molar-refractivity contribution in [2.75, 3.05) is 5.73 Å². The lowest BCUT2D eigenvalue weighted by atomic mass is 10.2. The number of anilines is 1. The summed E-state index contributed by atoms with van der Waals surface area (Å²) in [7, 11) is 0. The van der Waals surface area contributed by atoms with Crippen molar-refractivity contribution in [3.63, 3.8) is 0 Å². The molecule has 1 aromatic rings. The SMILES string of the molecule is C=C(OO)c1ccc(N)c(F)c1. The van der Waals surface area contributed by atoms with Crippen LogP contribution in [0.4, 0.5) is 10.1 Å². The van der Waals surface area contributed by atoms with Gasteiger partial charge in [-0.25, -0.2) is 9.65 Å². The van der Waals surface area contributed by atoms with Crippen LogP contribution in [0.1, 0.15) is 5.56 Å². The minimum atomic E-state index is -0.564. The molecule has 0 saturated carbocycles. The first-order valence-electron chi connectivity index (χ1n) is 3.21. The Morgan fingerprint density at radius 3 is 2.75 bits per heavy atom. The van der Waals surface area contributed by atoms with Crippen molar-refractivity contribution < 1.29 is 14.5 Å².